The van der Waals surface area contributed by atoms with E-state index in [1.807, 2.05) is 11.3 Å². The second-order valence-corrected chi connectivity index (χ2v) is 8.33. The van der Waals surface area contributed by atoms with E-state index in [9.17, 15) is 4.79 Å². The average Bonchev–Trinajstić information content (AvgIpc) is 3.09. The van der Waals surface area contributed by atoms with Crippen LogP contribution in [0.15, 0.2) is 42.5 Å². The zero-order valence-electron chi connectivity index (χ0n) is 15.8. The topological polar surface area (TPSA) is 37.3 Å². The lowest BCUT2D eigenvalue weighted by molar-refractivity contribution is -0.137. The number of hydrogen-bond acceptors (Lipinski definition) is 2. The van der Waals surface area contributed by atoms with Gasteiger partial charge in [0.2, 0.25) is 0 Å². The molecule has 0 spiro atoms. The van der Waals surface area contributed by atoms with Crippen LogP contribution in [-0.2, 0) is 24.1 Å². The Morgan fingerprint density at radius 1 is 0.692 bits per heavy atom. The van der Waals surface area contributed by atoms with Gasteiger partial charge in [-0.2, -0.15) is 0 Å². The number of carbonyl (C=O) groups is 1. The van der Waals surface area contributed by atoms with E-state index in [1.165, 1.54) is 73.1 Å². The summed E-state index contributed by atoms with van der Waals surface area (Å²) in [5.41, 5.74) is 1.44. The average molecular weight is 373 g/mol. The van der Waals surface area contributed by atoms with Gasteiger partial charge >= 0.3 is 5.97 Å². The number of hydrogen-bond donors (Lipinski definition) is 1. The van der Waals surface area contributed by atoms with Gasteiger partial charge < -0.3 is 5.11 Å². The number of carboxylic acid groups (broad SMARTS) is 1. The summed E-state index contributed by atoms with van der Waals surface area (Å²) in [6.45, 7) is 0. The lowest BCUT2D eigenvalue weighted by Crippen LogP contribution is -1.93. The third-order valence-electron chi connectivity index (χ3n) is 4.76. The first kappa shape index (κ1) is 20.7. The monoisotopic (exact) mass is 372 g/mol. The van der Waals surface area contributed by atoms with Crippen molar-refractivity contribution in [2.45, 2.75) is 77.0 Å². The molecule has 0 amide bonds. The normalized spacial score (nSPS) is 10.9. The highest BCUT2D eigenvalue weighted by atomic mass is 32.1. The van der Waals surface area contributed by atoms with Gasteiger partial charge in [0.1, 0.15) is 0 Å². The van der Waals surface area contributed by atoms with E-state index < -0.39 is 5.97 Å². The van der Waals surface area contributed by atoms with Gasteiger partial charge in [-0.1, -0.05) is 62.4 Å². The van der Waals surface area contributed by atoms with E-state index >= 15 is 0 Å². The molecule has 0 saturated carbocycles. The molecule has 3 heteroatoms. The van der Waals surface area contributed by atoms with Crippen molar-refractivity contribution in [3.05, 3.63) is 57.8 Å². The van der Waals surface area contributed by atoms with Crippen molar-refractivity contribution in [3.8, 4) is 0 Å². The highest BCUT2D eigenvalue weighted by molar-refractivity contribution is 7.11. The third kappa shape index (κ3) is 9.19. The van der Waals surface area contributed by atoms with Crippen LogP contribution >= 0.6 is 11.3 Å². The summed E-state index contributed by atoms with van der Waals surface area (Å²) < 4.78 is 0. The second-order valence-electron chi connectivity index (χ2n) is 7.08. The summed E-state index contributed by atoms with van der Waals surface area (Å²) in [6, 6.07) is 15.4. The van der Waals surface area contributed by atoms with Crippen LogP contribution < -0.4 is 0 Å². The zero-order valence-corrected chi connectivity index (χ0v) is 16.6. The number of thiophene rings is 1. The molecule has 2 nitrogen and oxygen atoms in total. The molecule has 1 heterocycles. The maximum absolute atomic E-state index is 10.4. The zero-order chi connectivity index (χ0) is 18.5. The number of rotatable bonds is 14. The van der Waals surface area contributed by atoms with E-state index in [0.717, 1.165) is 12.8 Å². The molecule has 0 aliphatic carbocycles. The van der Waals surface area contributed by atoms with Crippen molar-refractivity contribution >= 4 is 17.3 Å². The number of benzene rings is 1. The Bertz CT molecular complexity index is 618. The van der Waals surface area contributed by atoms with Crippen LogP contribution in [0.25, 0.3) is 0 Å². The number of carboxylic acids is 1. The molecule has 0 fully saturated rings. The fourth-order valence-electron chi connectivity index (χ4n) is 3.26. The molecule has 26 heavy (non-hydrogen) atoms. The van der Waals surface area contributed by atoms with E-state index in [2.05, 4.69) is 42.5 Å². The van der Waals surface area contributed by atoms with Crippen molar-refractivity contribution < 1.29 is 9.90 Å². The van der Waals surface area contributed by atoms with Crippen LogP contribution in [0.2, 0.25) is 0 Å². The number of unbranched alkanes of at least 4 members (excludes halogenated alkanes) is 6. The molecule has 0 bridgehead atoms. The molecule has 1 N–H and O–H groups in total. The molecule has 2 rings (SSSR count). The van der Waals surface area contributed by atoms with Gasteiger partial charge in [0, 0.05) is 16.2 Å². The minimum atomic E-state index is -0.666. The Morgan fingerprint density at radius 2 is 1.27 bits per heavy atom. The largest absolute Gasteiger partial charge is 0.481 e. The number of aryl methyl sites for hydroxylation is 3. The van der Waals surface area contributed by atoms with Crippen LogP contribution in [0.5, 0.6) is 0 Å². The molecule has 142 valence electrons. The summed E-state index contributed by atoms with van der Waals surface area (Å²) in [7, 11) is 0. The molecule has 0 unspecified atom stereocenters. The van der Waals surface area contributed by atoms with Gasteiger partial charge in [-0.3, -0.25) is 4.79 Å². The first-order valence-electron chi connectivity index (χ1n) is 10.1. The first-order valence-corrected chi connectivity index (χ1v) is 10.9. The molecule has 2 aromatic rings. The molecule has 0 radical (unpaired) electrons. The van der Waals surface area contributed by atoms with Crippen LogP contribution in [0, 0.1) is 0 Å². The maximum atomic E-state index is 10.4. The van der Waals surface area contributed by atoms with E-state index in [-0.39, 0.29) is 0 Å². The predicted molar refractivity (Wildman–Crippen MR) is 111 cm³/mol. The molecule has 1 aromatic carbocycles. The van der Waals surface area contributed by atoms with Crippen molar-refractivity contribution in [1.82, 2.24) is 0 Å². The van der Waals surface area contributed by atoms with Gasteiger partial charge in [-0.25, -0.2) is 0 Å². The molecule has 1 aromatic heterocycles. The van der Waals surface area contributed by atoms with Gasteiger partial charge in [-0.05, 0) is 56.2 Å². The Hall–Kier alpha value is -1.61. The third-order valence-corrected chi connectivity index (χ3v) is 5.97. The highest BCUT2D eigenvalue weighted by Crippen LogP contribution is 2.21. The SMILES string of the molecule is O=C(O)CCCCCCCCCc1ccc(CCCc2ccccc2)s1. The number of aliphatic carboxylic acids is 1. The van der Waals surface area contributed by atoms with Crippen LogP contribution in [0.3, 0.4) is 0 Å². The quantitative estimate of drug-likeness (QED) is 0.376. The summed E-state index contributed by atoms with van der Waals surface area (Å²) in [5.74, 6) is -0.666. The highest BCUT2D eigenvalue weighted by Gasteiger charge is 2.02. The molecular formula is C23H32O2S. The molecule has 0 atom stereocenters. The molecule has 0 aliphatic heterocycles. The lowest BCUT2D eigenvalue weighted by Gasteiger charge is -2.01. The van der Waals surface area contributed by atoms with Crippen LogP contribution in [-0.4, -0.2) is 11.1 Å². The minimum Gasteiger partial charge on any atom is -0.481 e. The Morgan fingerprint density at radius 3 is 1.92 bits per heavy atom. The van der Waals surface area contributed by atoms with Crippen LogP contribution in [0.1, 0.15) is 73.1 Å². The molecular weight excluding hydrogens is 340 g/mol. The first-order chi connectivity index (χ1) is 12.7. The van der Waals surface area contributed by atoms with Crippen molar-refractivity contribution in [3.63, 3.8) is 0 Å². The van der Waals surface area contributed by atoms with Gasteiger partial charge in [0.15, 0.2) is 0 Å². The Labute approximate surface area is 162 Å². The van der Waals surface area contributed by atoms with Crippen molar-refractivity contribution in [2.75, 3.05) is 0 Å². The van der Waals surface area contributed by atoms with Crippen LogP contribution in [0.4, 0.5) is 0 Å². The van der Waals surface area contributed by atoms with Crippen molar-refractivity contribution in [2.24, 2.45) is 0 Å². The molecule has 0 saturated heterocycles. The van der Waals surface area contributed by atoms with Gasteiger partial charge in [0.05, 0.1) is 0 Å². The fourth-order valence-corrected chi connectivity index (χ4v) is 4.36. The summed E-state index contributed by atoms with van der Waals surface area (Å²) >= 11 is 1.99. The van der Waals surface area contributed by atoms with E-state index in [4.69, 9.17) is 5.11 Å². The minimum absolute atomic E-state index is 0.325. The summed E-state index contributed by atoms with van der Waals surface area (Å²) in [5, 5.41) is 8.60. The smallest absolute Gasteiger partial charge is 0.303 e. The summed E-state index contributed by atoms with van der Waals surface area (Å²) in [4.78, 5) is 13.5. The van der Waals surface area contributed by atoms with E-state index in [0.29, 0.717) is 6.42 Å². The lowest BCUT2D eigenvalue weighted by atomic mass is 10.1. The fraction of sp³-hybridized carbons (Fsp3) is 0.522. The Kier molecular flexibility index (Phi) is 10.1. The van der Waals surface area contributed by atoms with Gasteiger partial charge in [0.25, 0.3) is 0 Å². The predicted octanol–water partition coefficient (Wildman–Crippen LogP) is 6.67. The standard InChI is InChI=1S/C23H32O2S/c24-23(25)17-10-5-3-1-2-4-9-15-21-18-19-22(26-21)16-11-14-20-12-7-6-8-13-20/h6-8,12-13,18-19H,1-5,9-11,14-17H2,(H,24,25). The van der Waals surface area contributed by atoms with E-state index in [1.54, 1.807) is 0 Å². The Balaban J connectivity index is 1.48. The van der Waals surface area contributed by atoms with Crippen molar-refractivity contribution in [1.29, 1.82) is 0 Å². The van der Waals surface area contributed by atoms with Gasteiger partial charge in [-0.15, -0.1) is 11.3 Å². The maximum Gasteiger partial charge on any atom is 0.303 e. The molecule has 0 aliphatic rings. The summed E-state index contributed by atoms with van der Waals surface area (Å²) in [6.07, 6.45) is 13.3. The second kappa shape index (κ2) is 12.7.